The topological polar surface area (TPSA) is 155 Å². The van der Waals surface area contributed by atoms with Gasteiger partial charge in [-0.05, 0) is 83.9 Å². The van der Waals surface area contributed by atoms with Crippen LogP contribution in [0.25, 0.3) is 0 Å². The highest BCUT2D eigenvalue weighted by atomic mass is 16.5. The molecule has 9 heteroatoms. The van der Waals surface area contributed by atoms with Gasteiger partial charge in [0.2, 0.25) is 0 Å². The van der Waals surface area contributed by atoms with Crippen LogP contribution in [0.3, 0.4) is 0 Å². The lowest BCUT2D eigenvalue weighted by Crippen LogP contribution is -2.12. The van der Waals surface area contributed by atoms with Crippen LogP contribution in [0.1, 0.15) is 34.5 Å². The molecule has 0 saturated carbocycles. The first-order chi connectivity index (χ1) is 18.9. The number of hydrogen-bond acceptors (Lipinski definition) is 9. The van der Waals surface area contributed by atoms with Crippen molar-refractivity contribution >= 4 is 11.4 Å². The van der Waals surface area contributed by atoms with E-state index in [9.17, 15) is 30.6 Å². The Balaban J connectivity index is 1.26. The fraction of sp³-hybridized carbons (Fsp3) is 0.200. The number of hydrogen-bond donors (Lipinski definition) is 8. The van der Waals surface area contributed by atoms with Crippen molar-refractivity contribution in [3.63, 3.8) is 0 Å². The number of nitrogens with one attached hydrogen (secondary N) is 2. The van der Waals surface area contributed by atoms with Gasteiger partial charge in [0.05, 0.1) is 25.4 Å². The highest BCUT2D eigenvalue weighted by Gasteiger charge is 2.12. The van der Waals surface area contributed by atoms with E-state index in [4.69, 9.17) is 4.74 Å². The molecule has 2 atom stereocenters. The smallest absolute Gasteiger partial charge is 0.127 e. The summed E-state index contributed by atoms with van der Waals surface area (Å²) in [6, 6.07) is 23.8. The number of aromatic hydroxyl groups is 2. The second kappa shape index (κ2) is 13.0. The third-order valence-corrected chi connectivity index (χ3v) is 6.26. The van der Waals surface area contributed by atoms with Crippen LogP contribution >= 0.6 is 0 Å². The molecular formula is C30H32N2O7. The second-order valence-corrected chi connectivity index (χ2v) is 9.04. The highest BCUT2D eigenvalue weighted by molar-refractivity contribution is 5.50. The van der Waals surface area contributed by atoms with E-state index in [1.165, 1.54) is 12.1 Å². The van der Waals surface area contributed by atoms with Crippen molar-refractivity contribution < 1.29 is 35.4 Å². The lowest BCUT2D eigenvalue weighted by atomic mass is 10.1. The molecule has 0 amide bonds. The zero-order chi connectivity index (χ0) is 27.8. The summed E-state index contributed by atoms with van der Waals surface area (Å²) in [4.78, 5) is 0. The first-order valence-electron chi connectivity index (χ1n) is 12.4. The van der Waals surface area contributed by atoms with Gasteiger partial charge in [0, 0.05) is 35.6 Å². The molecule has 0 saturated heterocycles. The molecular weight excluding hydrogens is 500 g/mol. The Morgan fingerprint density at radius 1 is 0.564 bits per heavy atom. The average Bonchev–Trinajstić information content (AvgIpc) is 2.96. The fourth-order valence-electron chi connectivity index (χ4n) is 3.96. The van der Waals surface area contributed by atoms with E-state index in [-0.39, 0.29) is 37.8 Å². The maximum atomic E-state index is 10.4. The summed E-state index contributed by atoms with van der Waals surface area (Å²) in [5, 5.41) is 65.1. The summed E-state index contributed by atoms with van der Waals surface area (Å²) < 4.78 is 5.90. The van der Waals surface area contributed by atoms with Crippen LogP contribution in [0.4, 0.5) is 11.4 Å². The first-order valence-corrected chi connectivity index (χ1v) is 12.4. The van der Waals surface area contributed by atoms with Crippen molar-refractivity contribution in [2.24, 2.45) is 0 Å². The minimum Gasteiger partial charge on any atom is -0.508 e. The Labute approximate surface area is 226 Å². The van der Waals surface area contributed by atoms with Crippen molar-refractivity contribution in [3.05, 3.63) is 107 Å². The summed E-state index contributed by atoms with van der Waals surface area (Å²) in [5.41, 5.74) is 3.49. The van der Waals surface area contributed by atoms with Gasteiger partial charge < -0.3 is 46.0 Å². The van der Waals surface area contributed by atoms with Crippen molar-refractivity contribution in [2.75, 3.05) is 23.7 Å². The molecule has 204 valence electrons. The van der Waals surface area contributed by atoms with Gasteiger partial charge in [0.15, 0.2) is 0 Å². The summed E-state index contributed by atoms with van der Waals surface area (Å²) in [7, 11) is 0. The van der Waals surface area contributed by atoms with Gasteiger partial charge in [-0.2, -0.15) is 0 Å². The highest BCUT2D eigenvalue weighted by Crippen LogP contribution is 2.27. The van der Waals surface area contributed by atoms with Crippen LogP contribution in [0.15, 0.2) is 84.9 Å². The van der Waals surface area contributed by atoms with Crippen molar-refractivity contribution in [1.29, 1.82) is 0 Å². The quantitative estimate of drug-likeness (QED) is 0.134. The van der Waals surface area contributed by atoms with Gasteiger partial charge in [-0.1, -0.05) is 12.1 Å². The number of benzene rings is 4. The molecule has 0 spiro atoms. The molecule has 0 radical (unpaired) electrons. The summed E-state index contributed by atoms with van der Waals surface area (Å²) in [6.45, 7) is -0.127. The van der Waals surface area contributed by atoms with E-state index in [0.717, 1.165) is 11.4 Å². The zero-order valence-corrected chi connectivity index (χ0v) is 21.2. The number of anilines is 2. The van der Waals surface area contributed by atoms with Gasteiger partial charge in [-0.15, -0.1) is 0 Å². The normalized spacial score (nSPS) is 12.5. The van der Waals surface area contributed by atoms with Gasteiger partial charge in [0.25, 0.3) is 0 Å². The lowest BCUT2D eigenvalue weighted by molar-refractivity contribution is 0.190. The maximum absolute atomic E-state index is 10.4. The third-order valence-electron chi connectivity index (χ3n) is 6.26. The summed E-state index contributed by atoms with van der Waals surface area (Å²) >= 11 is 0. The predicted molar refractivity (Wildman–Crippen MR) is 148 cm³/mol. The molecule has 0 aromatic heterocycles. The molecule has 2 unspecified atom stereocenters. The average molecular weight is 533 g/mol. The summed E-state index contributed by atoms with van der Waals surface area (Å²) in [5.74, 6) is 1.25. The number of phenols is 2. The second-order valence-electron chi connectivity index (χ2n) is 9.04. The van der Waals surface area contributed by atoms with E-state index in [0.29, 0.717) is 33.8 Å². The largest absolute Gasteiger partial charge is 0.508 e. The molecule has 0 aliphatic heterocycles. The van der Waals surface area contributed by atoms with Crippen LogP contribution in [0.5, 0.6) is 23.0 Å². The number of rotatable bonds is 12. The van der Waals surface area contributed by atoms with Crippen LogP contribution in [0.2, 0.25) is 0 Å². The van der Waals surface area contributed by atoms with Crippen LogP contribution < -0.4 is 15.4 Å². The van der Waals surface area contributed by atoms with E-state index in [2.05, 4.69) is 10.6 Å². The molecule has 0 aliphatic rings. The Bertz CT molecular complexity index is 1260. The molecule has 4 aromatic rings. The molecule has 4 rings (SSSR count). The zero-order valence-electron chi connectivity index (χ0n) is 21.2. The van der Waals surface area contributed by atoms with Gasteiger partial charge in [-0.3, -0.25) is 0 Å². The molecule has 8 N–H and O–H groups in total. The molecule has 39 heavy (non-hydrogen) atoms. The molecule has 0 bridgehead atoms. The Kier molecular flexibility index (Phi) is 9.24. The Hall–Kier alpha value is -4.28. The van der Waals surface area contributed by atoms with Gasteiger partial charge in [0.1, 0.15) is 23.0 Å². The van der Waals surface area contributed by atoms with E-state index in [1.807, 2.05) is 24.3 Å². The van der Waals surface area contributed by atoms with Gasteiger partial charge >= 0.3 is 0 Å². The monoisotopic (exact) mass is 532 g/mol. The molecule has 0 aliphatic carbocycles. The fourth-order valence-corrected chi connectivity index (χ4v) is 3.96. The minimum atomic E-state index is -0.820. The van der Waals surface area contributed by atoms with E-state index in [1.54, 1.807) is 48.5 Å². The molecule has 9 nitrogen and oxygen atoms in total. The first kappa shape index (κ1) is 27.7. The van der Waals surface area contributed by atoms with E-state index < -0.39 is 12.2 Å². The SMILES string of the molecule is OCc1cc(C(O)CNc2ccc(Oc3ccc(NCC(O)c4ccc(O)c(CO)c4)cc3)cc2)ccc1O. The predicted octanol–water partition coefficient (Wildman–Crippen LogP) is 4.17. The van der Waals surface area contributed by atoms with Crippen molar-refractivity contribution in [2.45, 2.75) is 25.4 Å². The Morgan fingerprint density at radius 3 is 1.31 bits per heavy atom. The molecule has 4 aromatic carbocycles. The molecule has 0 heterocycles. The molecule has 0 fully saturated rings. The van der Waals surface area contributed by atoms with Gasteiger partial charge in [-0.25, -0.2) is 0 Å². The van der Waals surface area contributed by atoms with Crippen LogP contribution in [0, 0.1) is 0 Å². The van der Waals surface area contributed by atoms with E-state index >= 15 is 0 Å². The lowest BCUT2D eigenvalue weighted by Gasteiger charge is -2.15. The number of ether oxygens (including phenoxy) is 1. The maximum Gasteiger partial charge on any atom is 0.127 e. The third kappa shape index (κ3) is 7.40. The number of aliphatic hydroxyl groups excluding tert-OH is 4. The standard InChI is InChI=1S/C30H32N2O7/c33-17-21-13-19(1-11-27(21)35)29(37)15-31-23-3-7-25(8-4-23)39-26-9-5-24(6-10-26)32-16-30(38)20-2-12-28(36)22(14-20)18-34/h1-14,29-38H,15-18H2. The Morgan fingerprint density at radius 2 is 0.949 bits per heavy atom. The van der Waals surface area contributed by atoms with Crippen LogP contribution in [-0.4, -0.2) is 43.7 Å². The summed E-state index contributed by atoms with van der Waals surface area (Å²) in [6.07, 6.45) is -1.64. The number of aliphatic hydroxyl groups is 4. The van der Waals surface area contributed by atoms with Crippen molar-refractivity contribution in [1.82, 2.24) is 0 Å². The van der Waals surface area contributed by atoms with Crippen molar-refractivity contribution in [3.8, 4) is 23.0 Å². The minimum absolute atomic E-state index is 0.00901. The van der Waals surface area contributed by atoms with Crippen LogP contribution in [-0.2, 0) is 13.2 Å².